The van der Waals surface area contributed by atoms with Crippen molar-refractivity contribution < 1.29 is 19.1 Å². The van der Waals surface area contributed by atoms with Crippen LogP contribution >= 0.6 is 15.9 Å². The summed E-state index contributed by atoms with van der Waals surface area (Å²) in [5, 5.41) is 2.69. The second-order valence-corrected chi connectivity index (χ2v) is 6.13. The van der Waals surface area contributed by atoms with E-state index in [1.54, 1.807) is 0 Å². The van der Waals surface area contributed by atoms with Gasteiger partial charge >= 0.3 is 5.97 Å². The van der Waals surface area contributed by atoms with Crippen molar-refractivity contribution in [3.05, 3.63) is 63.1 Å². The number of hydrogen-bond acceptors (Lipinski definition) is 4. The van der Waals surface area contributed by atoms with Gasteiger partial charge in [-0.1, -0.05) is 12.1 Å². The van der Waals surface area contributed by atoms with Crippen LogP contribution in [0.1, 0.15) is 31.8 Å². The van der Waals surface area contributed by atoms with E-state index in [2.05, 4.69) is 21.2 Å². The lowest BCUT2D eigenvalue weighted by molar-refractivity contribution is -0.119. The van der Waals surface area contributed by atoms with Crippen LogP contribution in [-0.4, -0.2) is 24.8 Å². The standard InChI is InChI=1S/C18H16BrNO4/c1-11-7-15(19)16(8-12(11)2)20-17(22)10-24-18(23)14-5-3-13(9-21)4-6-14/h3-9H,10H2,1-2H3,(H,20,22). The number of benzene rings is 2. The third-order valence-electron chi connectivity index (χ3n) is 3.47. The monoisotopic (exact) mass is 389 g/mol. The zero-order chi connectivity index (χ0) is 17.7. The Morgan fingerprint density at radius 3 is 2.38 bits per heavy atom. The van der Waals surface area contributed by atoms with Gasteiger partial charge in [-0.2, -0.15) is 0 Å². The van der Waals surface area contributed by atoms with Gasteiger partial charge in [0, 0.05) is 10.0 Å². The van der Waals surface area contributed by atoms with Crippen LogP contribution in [0, 0.1) is 13.8 Å². The first-order valence-electron chi connectivity index (χ1n) is 7.19. The van der Waals surface area contributed by atoms with Gasteiger partial charge in [0.2, 0.25) is 0 Å². The first kappa shape index (κ1) is 17.9. The number of nitrogens with one attached hydrogen (secondary N) is 1. The molecule has 0 saturated heterocycles. The molecular formula is C18H16BrNO4. The highest BCUT2D eigenvalue weighted by molar-refractivity contribution is 9.10. The Balaban J connectivity index is 1.94. The molecule has 0 aromatic heterocycles. The van der Waals surface area contributed by atoms with Gasteiger partial charge in [0.1, 0.15) is 6.29 Å². The summed E-state index contributed by atoms with van der Waals surface area (Å²) in [7, 11) is 0. The number of esters is 1. The molecule has 0 atom stereocenters. The highest BCUT2D eigenvalue weighted by atomic mass is 79.9. The Morgan fingerprint density at radius 1 is 1.12 bits per heavy atom. The van der Waals surface area contributed by atoms with Crippen molar-refractivity contribution in [3.63, 3.8) is 0 Å². The van der Waals surface area contributed by atoms with Crippen LogP contribution in [0.15, 0.2) is 40.9 Å². The predicted octanol–water partition coefficient (Wildman–Crippen LogP) is 3.67. The fourth-order valence-electron chi connectivity index (χ4n) is 1.98. The fourth-order valence-corrected chi connectivity index (χ4v) is 2.53. The normalized spacial score (nSPS) is 10.1. The average molecular weight is 390 g/mol. The molecule has 0 aliphatic rings. The molecule has 0 saturated carbocycles. The topological polar surface area (TPSA) is 72.5 Å². The van der Waals surface area contributed by atoms with Gasteiger partial charge in [-0.15, -0.1) is 0 Å². The van der Waals surface area contributed by atoms with E-state index < -0.39 is 18.5 Å². The van der Waals surface area contributed by atoms with Gasteiger partial charge in [0.05, 0.1) is 11.3 Å². The second kappa shape index (κ2) is 7.88. The van der Waals surface area contributed by atoms with Crippen molar-refractivity contribution in [2.45, 2.75) is 13.8 Å². The molecule has 2 aromatic carbocycles. The molecule has 0 aliphatic heterocycles. The number of anilines is 1. The quantitative estimate of drug-likeness (QED) is 0.625. The third-order valence-corrected chi connectivity index (χ3v) is 4.13. The molecule has 6 heteroatoms. The SMILES string of the molecule is Cc1cc(Br)c(NC(=O)COC(=O)c2ccc(C=O)cc2)cc1C. The number of rotatable bonds is 5. The van der Waals surface area contributed by atoms with Crippen LogP contribution in [0.4, 0.5) is 5.69 Å². The van der Waals surface area contributed by atoms with Crippen LogP contribution in [0.5, 0.6) is 0 Å². The number of ether oxygens (including phenoxy) is 1. The number of carbonyl (C=O) groups excluding carboxylic acids is 3. The Bertz CT molecular complexity index is 784. The van der Waals surface area contributed by atoms with Gasteiger partial charge in [-0.25, -0.2) is 4.79 Å². The van der Waals surface area contributed by atoms with E-state index in [-0.39, 0.29) is 5.56 Å². The van der Waals surface area contributed by atoms with Crippen LogP contribution < -0.4 is 5.32 Å². The number of carbonyl (C=O) groups is 3. The molecule has 0 unspecified atom stereocenters. The molecule has 2 aromatic rings. The summed E-state index contributed by atoms with van der Waals surface area (Å²) in [4.78, 5) is 34.4. The summed E-state index contributed by atoms with van der Waals surface area (Å²) < 4.78 is 5.73. The second-order valence-electron chi connectivity index (χ2n) is 5.28. The van der Waals surface area contributed by atoms with E-state index in [1.807, 2.05) is 26.0 Å². The van der Waals surface area contributed by atoms with E-state index in [4.69, 9.17) is 4.74 Å². The minimum atomic E-state index is -0.623. The first-order chi connectivity index (χ1) is 11.4. The third kappa shape index (κ3) is 4.52. The summed E-state index contributed by atoms with van der Waals surface area (Å²) in [6.45, 7) is 3.53. The lowest BCUT2D eigenvalue weighted by Gasteiger charge is -2.11. The zero-order valence-corrected chi connectivity index (χ0v) is 14.8. The molecule has 1 amide bonds. The van der Waals surface area contributed by atoms with Crippen molar-refractivity contribution in [1.82, 2.24) is 0 Å². The Morgan fingerprint density at radius 2 is 1.75 bits per heavy atom. The minimum absolute atomic E-state index is 0.278. The number of aldehydes is 1. The molecule has 0 spiro atoms. The van der Waals surface area contributed by atoms with E-state index in [0.717, 1.165) is 15.6 Å². The van der Waals surface area contributed by atoms with Gasteiger partial charge in [-0.3, -0.25) is 9.59 Å². The van der Waals surface area contributed by atoms with Crippen molar-refractivity contribution in [2.75, 3.05) is 11.9 Å². The fraction of sp³-hybridized carbons (Fsp3) is 0.167. The lowest BCUT2D eigenvalue weighted by atomic mass is 10.1. The Labute approximate surface area is 148 Å². The van der Waals surface area contributed by atoms with Crippen molar-refractivity contribution in [3.8, 4) is 0 Å². The molecule has 24 heavy (non-hydrogen) atoms. The van der Waals surface area contributed by atoms with Gasteiger partial charge in [0.15, 0.2) is 6.61 Å². The maximum absolute atomic E-state index is 11.9. The molecule has 2 rings (SSSR count). The van der Waals surface area contributed by atoms with Crippen molar-refractivity contribution >= 4 is 39.8 Å². The number of amides is 1. The summed E-state index contributed by atoms with van der Waals surface area (Å²) in [6.07, 6.45) is 0.685. The maximum atomic E-state index is 11.9. The lowest BCUT2D eigenvalue weighted by Crippen LogP contribution is -2.21. The maximum Gasteiger partial charge on any atom is 0.338 e. The Hall–Kier alpha value is -2.47. The van der Waals surface area contributed by atoms with E-state index in [0.29, 0.717) is 17.5 Å². The first-order valence-corrected chi connectivity index (χ1v) is 7.99. The molecule has 0 radical (unpaired) electrons. The average Bonchev–Trinajstić information content (AvgIpc) is 2.57. The van der Waals surface area contributed by atoms with Crippen LogP contribution in [0.25, 0.3) is 0 Å². The molecular weight excluding hydrogens is 374 g/mol. The molecule has 5 nitrogen and oxygen atoms in total. The smallest absolute Gasteiger partial charge is 0.338 e. The summed E-state index contributed by atoms with van der Waals surface area (Å²) in [5.74, 6) is -1.06. The zero-order valence-electron chi connectivity index (χ0n) is 13.3. The van der Waals surface area contributed by atoms with Gasteiger partial charge in [-0.05, 0) is 65.2 Å². The number of halogens is 1. The van der Waals surface area contributed by atoms with Crippen LogP contribution in [-0.2, 0) is 9.53 Å². The molecule has 0 aliphatic carbocycles. The summed E-state index contributed by atoms with van der Waals surface area (Å²) in [5.41, 5.74) is 3.50. The van der Waals surface area contributed by atoms with Crippen molar-refractivity contribution in [1.29, 1.82) is 0 Å². The predicted molar refractivity (Wildman–Crippen MR) is 94.4 cm³/mol. The van der Waals surface area contributed by atoms with Gasteiger partial charge in [0.25, 0.3) is 5.91 Å². The summed E-state index contributed by atoms with van der Waals surface area (Å²) in [6, 6.07) is 9.72. The molecule has 0 fully saturated rings. The number of hydrogen-bond donors (Lipinski definition) is 1. The van der Waals surface area contributed by atoms with E-state index >= 15 is 0 Å². The van der Waals surface area contributed by atoms with Gasteiger partial charge < -0.3 is 10.1 Å². The largest absolute Gasteiger partial charge is 0.452 e. The molecule has 0 bridgehead atoms. The minimum Gasteiger partial charge on any atom is -0.452 e. The molecule has 124 valence electrons. The van der Waals surface area contributed by atoms with E-state index in [9.17, 15) is 14.4 Å². The Kier molecular flexibility index (Phi) is 5.87. The molecule has 0 heterocycles. The number of aryl methyl sites for hydroxylation is 2. The van der Waals surface area contributed by atoms with Crippen LogP contribution in [0.2, 0.25) is 0 Å². The highest BCUT2D eigenvalue weighted by Crippen LogP contribution is 2.26. The molecule has 1 N–H and O–H groups in total. The highest BCUT2D eigenvalue weighted by Gasteiger charge is 2.12. The van der Waals surface area contributed by atoms with E-state index in [1.165, 1.54) is 24.3 Å². The van der Waals surface area contributed by atoms with Crippen LogP contribution in [0.3, 0.4) is 0 Å². The summed E-state index contributed by atoms with van der Waals surface area (Å²) >= 11 is 3.39. The van der Waals surface area contributed by atoms with Crippen molar-refractivity contribution in [2.24, 2.45) is 0 Å².